The first-order valence-electron chi connectivity index (χ1n) is 14.0. The Labute approximate surface area is 257 Å². The summed E-state index contributed by atoms with van der Waals surface area (Å²) >= 11 is 0. The molecule has 1 aliphatic rings. The molecule has 234 valence electrons. The number of carbonyl (C=O) groups is 3. The van der Waals surface area contributed by atoms with Crippen LogP contribution in [0.3, 0.4) is 0 Å². The van der Waals surface area contributed by atoms with Crippen LogP contribution in [0, 0.1) is 6.92 Å². The second kappa shape index (κ2) is 13.9. The van der Waals surface area contributed by atoms with Crippen LogP contribution < -0.4 is 0 Å². The molecule has 1 fully saturated rings. The lowest BCUT2D eigenvalue weighted by molar-refractivity contribution is 0.00367. The largest absolute Gasteiger partial charge is 0.445 e. The van der Waals surface area contributed by atoms with Gasteiger partial charge in [0.05, 0.1) is 17.5 Å². The molecule has 1 saturated heterocycles. The fraction of sp³-hybridized carbons (Fsp3) is 0.344. The lowest BCUT2D eigenvalue weighted by Crippen LogP contribution is -2.52. The summed E-state index contributed by atoms with van der Waals surface area (Å²) in [7, 11) is -4.38. The summed E-state index contributed by atoms with van der Waals surface area (Å²) in [5.74, 6) is 0. The van der Waals surface area contributed by atoms with Gasteiger partial charge in [0, 0.05) is 6.54 Å². The molecular formula is C32H36N2O9S. The van der Waals surface area contributed by atoms with Crippen LogP contribution in [0.4, 0.5) is 14.4 Å². The summed E-state index contributed by atoms with van der Waals surface area (Å²) in [5, 5.41) is 0. The highest BCUT2D eigenvalue weighted by Crippen LogP contribution is 2.27. The molecule has 2 unspecified atom stereocenters. The standard InChI is InChI=1S/C32H36N2O9S/c1-23-15-17-26(18-16-23)44(38,39)43-28-20-33(29(35)40-21-24-11-7-5-8-12-24)19-27(28)34(31(37)42-32(2,3)4)30(36)41-22-25-13-9-6-10-14-25/h5-18,27-28H,19-22H2,1-4H3. The summed E-state index contributed by atoms with van der Waals surface area (Å²) in [6.07, 6.45) is -4.31. The van der Waals surface area contributed by atoms with Gasteiger partial charge in [-0.3, -0.25) is 4.18 Å². The molecule has 0 spiro atoms. The van der Waals surface area contributed by atoms with E-state index in [0.29, 0.717) is 10.5 Å². The first kappa shape index (κ1) is 32.5. The molecule has 2 atom stereocenters. The highest BCUT2D eigenvalue weighted by atomic mass is 32.2. The molecule has 12 heteroatoms. The van der Waals surface area contributed by atoms with Gasteiger partial charge in [-0.25, -0.2) is 19.3 Å². The molecule has 3 aromatic rings. The molecule has 0 bridgehead atoms. The van der Waals surface area contributed by atoms with Gasteiger partial charge < -0.3 is 19.1 Å². The highest BCUT2D eigenvalue weighted by molar-refractivity contribution is 7.86. The molecule has 0 aromatic heterocycles. The van der Waals surface area contributed by atoms with Crippen molar-refractivity contribution in [2.75, 3.05) is 13.1 Å². The minimum Gasteiger partial charge on any atom is -0.445 e. The number of nitrogens with zero attached hydrogens (tertiary/aromatic N) is 2. The Morgan fingerprint density at radius 2 is 1.34 bits per heavy atom. The fourth-order valence-electron chi connectivity index (χ4n) is 4.43. The maximum Gasteiger partial charge on any atom is 0.420 e. The number of imide groups is 1. The van der Waals surface area contributed by atoms with E-state index < -0.39 is 46.1 Å². The van der Waals surface area contributed by atoms with E-state index in [0.717, 1.165) is 11.1 Å². The summed E-state index contributed by atoms with van der Waals surface area (Å²) in [4.78, 5) is 41.8. The van der Waals surface area contributed by atoms with E-state index in [1.807, 2.05) is 13.0 Å². The molecule has 0 aliphatic carbocycles. The lowest BCUT2D eigenvalue weighted by Gasteiger charge is -2.31. The van der Waals surface area contributed by atoms with Gasteiger partial charge in [0.1, 0.15) is 24.9 Å². The van der Waals surface area contributed by atoms with Crippen LogP contribution in [0.2, 0.25) is 0 Å². The van der Waals surface area contributed by atoms with Crippen LogP contribution in [0.5, 0.6) is 0 Å². The Hall–Kier alpha value is -4.42. The third kappa shape index (κ3) is 8.80. The van der Waals surface area contributed by atoms with E-state index in [4.69, 9.17) is 18.4 Å². The minimum absolute atomic E-state index is 0.0388. The van der Waals surface area contributed by atoms with E-state index in [9.17, 15) is 22.8 Å². The molecule has 1 aliphatic heterocycles. The average molecular weight is 625 g/mol. The highest BCUT2D eigenvalue weighted by Gasteiger charge is 2.48. The van der Waals surface area contributed by atoms with Crippen molar-refractivity contribution in [3.63, 3.8) is 0 Å². The van der Waals surface area contributed by atoms with Crippen LogP contribution in [-0.4, -0.2) is 67.3 Å². The number of likely N-dealkylation sites (tertiary alicyclic amines) is 1. The lowest BCUT2D eigenvalue weighted by atomic mass is 10.2. The maximum absolute atomic E-state index is 13.5. The van der Waals surface area contributed by atoms with Crippen LogP contribution in [0.1, 0.15) is 37.5 Å². The molecule has 0 saturated carbocycles. The van der Waals surface area contributed by atoms with Crippen molar-refractivity contribution in [3.05, 3.63) is 102 Å². The van der Waals surface area contributed by atoms with E-state index in [1.165, 1.54) is 17.0 Å². The van der Waals surface area contributed by atoms with Crippen molar-refractivity contribution < 1.29 is 41.2 Å². The molecular weight excluding hydrogens is 588 g/mol. The molecule has 11 nitrogen and oxygen atoms in total. The van der Waals surface area contributed by atoms with E-state index in [2.05, 4.69) is 0 Å². The number of carbonyl (C=O) groups excluding carboxylic acids is 3. The van der Waals surface area contributed by atoms with Crippen molar-refractivity contribution in [3.8, 4) is 0 Å². The maximum atomic E-state index is 13.5. The zero-order valence-corrected chi connectivity index (χ0v) is 25.9. The second-order valence-corrected chi connectivity index (χ2v) is 12.9. The predicted octanol–water partition coefficient (Wildman–Crippen LogP) is 5.66. The van der Waals surface area contributed by atoms with Crippen LogP contribution in [-0.2, 0) is 41.7 Å². The van der Waals surface area contributed by atoms with E-state index in [1.54, 1.807) is 87.5 Å². The van der Waals surface area contributed by atoms with Gasteiger partial charge in [0.25, 0.3) is 10.1 Å². The molecule has 3 aromatic carbocycles. The number of rotatable bonds is 8. The topological polar surface area (TPSA) is 129 Å². The molecule has 3 amide bonds. The number of hydrogen-bond donors (Lipinski definition) is 0. The number of aryl methyl sites for hydroxylation is 1. The average Bonchev–Trinajstić information content (AvgIpc) is 3.37. The van der Waals surface area contributed by atoms with Gasteiger partial charge in [0.15, 0.2) is 0 Å². The molecule has 0 radical (unpaired) electrons. The SMILES string of the molecule is Cc1ccc(S(=O)(=O)OC2CN(C(=O)OCc3ccccc3)CC2N(C(=O)OCc2ccccc2)C(=O)OC(C)(C)C)cc1. The van der Waals surface area contributed by atoms with E-state index >= 15 is 0 Å². The molecule has 1 heterocycles. The predicted molar refractivity (Wildman–Crippen MR) is 160 cm³/mol. The molecule has 4 rings (SSSR count). The quantitative estimate of drug-likeness (QED) is 0.230. The van der Waals surface area contributed by atoms with Gasteiger partial charge in [-0.1, -0.05) is 78.4 Å². The monoisotopic (exact) mass is 624 g/mol. The zero-order chi connectivity index (χ0) is 31.9. The van der Waals surface area contributed by atoms with Crippen molar-refractivity contribution in [1.29, 1.82) is 0 Å². The third-order valence-electron chi connectivity index (χ3n) is 6.58. The van der Waals surface area contributed by atoms with Gasteiger partial charge in [-0.2, -0.15) is 8.42 Å². The Bertz CT molecular complexity index is 1540. The summed E-state index contributed by atoms with van der Waals surface area (Å²) in [6.45, 7) is 5.88. The summed E-state index contributed by atoms with van der Waals surface area (Å²) in [6, 6.07) is 22.5. The number of ether oxygens (including phenoxy) is 3. The molecule has 44 heavy (non-hydrogen) atoms. The first-order chi connectivity index (χ1) is 20.8. The van der Waals surface area contributed by atoms with Gasteiger partial charge in [-0.05, 0) is 51.0 Å². The fourth-order valence-corrected chi connectivity index (χ4v) is 5.52. The Morgan fingerprint density at radius 3 is 1.89 bits per heavy atom. The number of benzene rings is 3. The van der Waals surface area contributed by atoms with Crippen molar-refractivity contribution in [2.24, 2.45) is 0 Å². The van der Waals surface area contributed by atoms with Crippen molar-refractivity contribution in [1.82, 2.24) is 9.80 Å². The van der Waals surface area contributed by atoms with Gasteiger partial charge in [-0.15, -0.1) is 0 Å². The van der Waals surface area contributed by atoms with Crippen molar-refractivity contribution in [2.45, 2.75) is 63.6 Å². The van der Waals surface area contributed by atoms with E-state index in [-0.39, 0.29) is 31.2 Å². The minimum atomic E-state index is -4.38. The Morgan fingerprint density at radius 1 is 0.795 bits per heavy atom. The normalized spacial score (nSPS) is 16.7. The second-order valence-electron chi connectivity index (χ2n) is 11.3. The third-order valence-corrected chi connectivity index (χ3v) is 7.93. The zero-order valence-electron chi connectivity index (χ0n) is 25.0. The Balaban J connectivity index is 1.63. The van der Waals surface area contributed by atoms with Crippen LogP contribution in [0.15, 0.2) is 89.8 Å². The molecule has 0 N–H and O–H groups in total. The Kier molecular flexibility index (Phi) is 10.3. The van der Waals surface area contributed by atoms with Crippen LogP contribution >= 0.6 is 0 Å². The number of hydrogen-bond acceptors (Lipinski definition) is 9. The van der Waals surface area contributed by atoms with Gasteiger partial charge in [0.2, 0.25) is 0 Å². The first-order valence-corrected chi connectivity index (χ1v) is 15.4. The van der Waals surface area contributed by atoms with Crippen molar-refractivity contribution >= 4 is 28.4 Å². The van der Waals surface area contributed by atoms with Gasteiger partial charge >= 0.3 is 18.3 Å². The summed E-state index contributed by atoms with van der Waals surface area (Å²) < 4.78 is 48.7. The van der Waals surface area contributed by atoms with Crippen LogP contribution in [0.25, 0.3) is 0 Å². The summed E-state index contributed by atoms with van der Waals surface area (Å²) in [5.41, 5.74) is 1.24. The number of amides is 3. The smallest absolute Gasteiger partial charge is 0.420 e.